The van der Waals surface area contributed by atoms with E-state index in [1.807, 2.05) is 41.2 Å². The molecule has 186 valence electrons. The lowest BCUT2D eigenvalue weighted by atomic mass is 10.1. The fraction of sp³-hybridized carbons (Fsp3) is 0.400. The lowest BCUT2D eigenvalue weighted by Gasteiger charge is -2.22. The van der Waals surface area contributed by atoms with Gasteiger partial charge in [-0.3, -0.25) is 4.79 Å². The summed E-state index contributed by atoms with van der Waals surface area (Å²) in [6.07, 6.45) is 11.2. The fourth-order valence-corrected chi connectivity index (χ4v) is 5.89. The van der Waals surface area contributed by atoms with E-state index in [1.54, 1.807) is 0 Å². The summed E-state index contributed by atoms with van der Waals surface area (Å²) < 4.78 is 10.2. The number of hydrogen-bond donors (Lipinski definition) is 0. The van der Waals surface area contributed by atoms with E-state index in [4.69, 9.17) is 4.74 Å². The van der Waals surface area contributed by atoms with Crippen molar-refractivity contribution in [1.29, 1.82) is 0 Å². The lowest BCUT2D eigenvalue weighted by molar-refractivity contribution is -0.131. The Hall–Kier alpha value is -3.38. The van der Waals surface area contributed by atoms with Gasteiger partial charge in [0.1, 0.15) is 6.23 Å². The quantitative estimate of drug-likeness (QED) is 0.355. The summed E-state index contributed by atoms with van der Waals surface area (Å²) in [4.78, 5) is 15.0. The van der Waals surface area contributed by atoms with E-state index in [-0.39, 0.29) is 18.2 Å². The van der Waals surface area contributed by atoms with Gasteiger partial charge in [0.15, 0.2) is 0 Å². The Labute approximate surface area is 212 Å². The highest BCUT2D eigenvalue weighted by atomic mass is 16.5. The van der Waals surface area contributed by atoms with Gasteiger partial charge in [-0.05, 0) is 67.9 Å². The number of fused-ring (bicyclic) bond motifs is 1. The first-order chi connectivity index (χ1) is 17.6. The molecule has 2 aliphatic rings. The van der Waals surface area contributed by atoms with Crippen LogP contribution in [0, 0.1) is 5.92 Å². The van der Waals surface area contributed by atoms with Crippen molar-refractivity contribution in [3.63, 3.8) is 0 Å². The second-order valence-electron chi connectivity index (χ2n) is 10.4. The van der Waals surface area contributed by atoms with Gasteiger partial charge < -0.3 is 14.2 Å². The summed E-state index contributed by atoms with van der Waals surface area (Å²) >= 11 is 0. The molecule has 6 nitrogen and oxygen atoms in total. The number of carbonyl (C=O) groups is 1. The van der Waals surface area contributed by atoms with Crippen molar-refractivity contribution in [3.8, 4) is 11.1 Å². The molecular weight excluding hydrogens is 448 g/mol. The van der Waals surface area contributed by atoms with Gasteiger partial charge in [0, 0.05) is 54.6 Å². The van der Waals surface area contributed by atoms with Crippen molar-refractivity contribution in [1.82, 2.24) is 19.2 Å². The molecule has 4 aromatic rings. The summed E-state index contributed by atoms with van der Waals surface area (Å²) in [7, 11) is 0. The minimum absolute atomic E-state index is 0.0604. The zero-order valence-electron chi connectivity index (χ0n) is 20.9. The molecule has 1 amide bonds. The van der Waals surface area contributed by atoms with Crippen LogP contribution >= 0.6 is 0 Å². The predicted octanol–water partition coefficient (Wildman–Crippen LogP) is 5.68. The first-order valence-electron chi connectivity index (χ1n) is 13.2. The van der Waals surface area contributed by atoms with Gasteiger partial charge in [-0.25, -0.2) is 4.68 Å². The average molecular weight is 483 g/mol. The molecule has 3 unspecified atom stereocenters. The third kappa shape index (κ3) is 4.70. The number of aromatic nitrogens is 3. The highest BCUT2D eigenvalue weighted by molar-refractivity contribution is 5.85. The number of likely N-dealkylation sites (tertiary alicyclic amines) is 1. The second-order valence-corrected chi connectivity index (χ2v) is 10.4. The molecule has 6 heteroatoms. The summed E-state index contributed by atoms with van der Waals surface area (Å²) in [5.74, 6) is 0.695. The summed E-state index contributed by atoms with van der Waals surface area (Å²) in [5, 5.41) is 5.81. The van der Waals surface area contributed by atoms with Crippen LogP contribution in [0.25, 0.3) is 22.0 Å². The van der Waals surface area contributed by atoms with E-state index >= 15 is 0 Å². The zero-order chi connectivity index (χ0) is 24.5. The molecule has 0 saturated carbocycles. The van der Waals surface area contributed by atoms with E-state index in [9.17, 15) is 4.79 Å². The first-order valence-corrected chi connectivity index (χ1v) is 13.2. The van der Waals surface area contributed by atoms with Gasteiger partial charge in [0.2, 0.25) is 5.91 Å². The maximum absolute atomic E-state index is 13.0. The summed E-state index contributed by atoms with van der Waals surface area (Å²) in [6, 6.07) is 19.2. The molecule has 2 aromatic heterocycles. The SMILES string of the molecule is CC1CC(Cn2ccc3cc(-c4cnn(C5CCCCO5)c4)ccc32)CN1C(=O)Cc1ccccc1. The molecule has 36 heavy (non-hydrogen) atoms. The Morgan fingerprint density at radius 2 is 1.97 bits per heavy atom. The number of ether oxygens (including phenoxy) is 1. The third-order valence-electron chi connectivity index (χ3n) is 7.79. The van der Waals surface area contributed by atoms with E-state index in [0.717, 1.165) is 50.1 Å². The number of amides is 1. The standard InChI is InChI=1S/C30H34N4O2/c1-22-15-24(20-33(22)29(35)16-23-7-3-2-4-8-23)19-32-13-12-26-17-25(10-11-28(26)32)27-18-31-34(21-27)30-9-5-6-14-36-30/h2-4,7-8,10-13,17-18,21-22,24,30H,5-6,9,14-16,19-20H2,1H3. The van der Waals surface area contributed by atoms with Crippen molar-refractivity contribution in [2.24, 2.45) is 5.92 Å². The summed E-state index contributed by atoms with van der Waals surface area (Å²) in [5.41, 5.74) is 4.62. The first kappa shape index (κ1) is 23.0. The monoisotopic (exact) mass is 482 g/mol. The van der Waals surface area contributed by atoms with Crippen LogP contribution in [-0.2, 0) is 22.5 Å². The van der Waals surface area contributed by atoms with Gasteiger partial charge in [-0.15, -0.1) is 0 Å². The van der Waals surface area contributed by atoms with Crippen molar-refractivity contribution in [3.05, 3.63) is 78.8 Å². The van der Waals surface area contributed by atoms with Gasteiger partial charge in [-0.2, -0.15) is 5.10 Å². The number of rotatable bonds is 6. The van der Waals surface area contributed by atoms with E-state index < -0.39 is 0 Å². The van der Waals surface area contributed by atoms with Crippen LogP contribution in [0.4, 0.5) is 0 Å². The Kier molecular flexibility index (Phi) is 6.36. The topological polar surface area (TPSA) is 52.3 Å². The molecule has 4 heterocycles. The highest BCUT2D eigenvalue weighted by Gasteiger charge is 2.32. The van der Waals surface area contributed by atoms with Crippen molar-refractivity contribution in [2.75, 3.05) is 13.2 Å². The minimum Gasteiger partial charge on any atom is -0.357 e. The second kappa shape index (κ2) is 9.94. The third-order valence-corrected chi connectivity index (χ3v) is 7.79. The summed E-state index contributed by atoms with van der Waals surface area (Å²) in [6.45, 7) is 4.76. The minimum atomic E-state index is 0.0604. The molecular formula is C30H34N4O2. The molecule has 2 fully saturated rings. The maximum atomic E-state index is 13.0. The van der Waals surface area contributed by atoms with Gasteiger partial charge in [0.25, 0.3) is 0 Å². The van der Waals surface area contributed by atoms with E-state index in [2.05, 4.69) is 58.1 Å². The molecule has 0 N–H and O–H groups in total. The predicted molar refractivity (Wildman–Crippen MR) is 141 cm³/mol. The van der Waals surface area contributed by atoms with Crippen LogP contribution in [0.2, 0.25) is 0 Å². The molecule has 3 atom stereocenters. The molecule has 0 spiro atoms. The van der Waals surface area contributed by atoms with Crippen LogP contribution in [0.5, 0.6) is 0 Å². The number of nitrogens with zero attached hydrogens (tertiary/aromatic N) is 4. The molecule has 0 aliphatic carbocycles. The van der Waals surface area contributed by atoms with Gasteiger partial charge in [0.05, 0.1) is 12.6 Å². The fourth-order valence-electron chi connectivity index (χ4n) is 5.89. The molecule has 6 rings (SSSR count). The van der Waals surface area contributed by atoms with Gasteiger partial charge in [-0.1, -0.05) is 36.4 Å². The van der Waals surface area contributed by atoms with Crippen molar-refractivity contribution < 1.29 is 9.53 Å². The van der Waals surface area contributed by atoms with Crippen LogP contribution < -0.4 is 0 Å². The molecule has 2 saturated heterocycles. The van der Waals surface area contributed by atoms with Crippen molar-refractivity contribution >= 4 is 16.8 Å². The Bertz CT molecular complexity index is 1340. The number of hydrogen-bond acceptors (Lipinski definition) is 3. The van der Waals surface area contributed by atoms with E-state index in [1.165, 1.54) is 22.9 Å². The number of benzene rings is 2. The van der Waals surface area contributed by atoms with Gasteiger partial charge >= 0.3 is 0 Å². The van der Waals surface area contributed by atoms with Crippen LogP contribution in [0.1, 0.15) is 44.4 Å². The normalized spacial score (nSPS) is 22.4. The van der Waals surface area contributed by atoms with E-state index in [0.29, 0.717) is 12.3 Å². The Morgan fingerprint density at radius 1 is 1.08 bits per heavy atom. The van der Waals surface area contributed by atoms with Crippen LogP contribution in [0.3, 0.4) is 0 Å². The Balaban J connectivity index is 1.13. The molecule has 2 aromatic carbocycles. The highest BCUT2D eigenvalue weighted by Crippen LogP contribution is 2.30. The Morgan fingerprint density at radius 3 is 2.81 bits per heavy atom. The smallest absolute Gasteiger partial charge is 0.227 e. The zero-order valence-corrected chi connectivity index (χ0v) is 20.9. The number of carbonyl (C=O) groups excluding carboxylic acids is 1. The largest absolute Gasteiger partial charge is 0.357 e. The average Bonchev–Trinajstić information content (AvgIpc) is 3.64. The maximum Gasteiger partial charge on any atom is 0.227 e. The van der Waals surface area contributed by atoms with Crippen LogP contribution in [-0.4, -0.2) is 44.3 Å². The van der Waals surface area contributed by atoms with Crippen molar-refractivity contribution in [2.45, 2.75) is 57.8 Å². The molecule has 0 bridgehead atoms. The molecule has 2 aliphatic heterocycles. The lowest BCUT2D eigenvalue weighted by Crippen LogP contribution is -2.35. The van der Waals surface area contributed by atoms with Crippen LogP contribution in [0.15, 0.2) is 73.2 Å². The molecule has 0 radical (unpaired) electrons.